The fraction of sp³-hybridized carbons (Fsp3) is 0.800. The molecule has 1 aliphatic rings. The maximum atomic E-state index is 9.57. The Balaban J connectivity index is 2.02. The third-order valence-electron chi connectivity index (χ3n) is 2.75. The van der Waals surface area contributed by atoms with Crippen LogP contribution in [0.15, 0.2) is 0 Å². The maximum absolute atomic E-state index is 9.57. The van der Waals surface area contributed by atoms with Crippen LogP contribution in [-0.4, -0.2) is 39.7 Å². The quantitative estimate of drug-likeness (QED) is 0.721. The van der Waals surface area contributed by atoms with E-state index in [1.165, 1.54) is 0 Å². The Hall–Kier alpha value is -0.940. The summed E-state index contributed by atoms with van der Waals surface area (Å²) in [5.41, 5.74) is 0. The molecule has 1 N–H and O–H groups in total. The maximum Gasteiger partial charge on any atom is 0.133 e. The largest absolute Gasteiger partial charge is 0.391 e. The van der Waals surface area contributed by atoms with E-state index in [0.717, 1.165) is 43.9 Å². The second-order valence-electron chi connectivity index (χ2n) is 3.93. The lowest BCUT2D eigenvalue weighted by atomic mass is 10.1. The van der Waals surface area contributed by atoms with Crippen molar-refractivity contribution in [2.24, 2.45) is 0 Å². The Labute approximate surface area is 89.1 Å². The molecule has 0 radical (unpaired) electrons. The molecule has 84 valence electrons. The minimum Gasteiger partial charge on any atom is -0.391 e. The van der Waals surface area contributed by atoms with Crippen molar-refractivity contribution in [3.8, 4) is 0 Å². The predicted octanol–water partition coefficient (Wildman–Crippen LogP) is 0.164. The van der Waals surface area contributed by atoms with E-state index in [0.29, 0.717) is 6.54 Å². The average Bonchev–Trinajstić information content (AvgIpc) is 2.62. The van der Waals surface area contributed by atoms with Gasteiger partial charge >= 0.3 is 0 Å². The van der Waals surface area contributed by atoms with Gasteiger partial charge in [-0.1, -0.05) is 0 Å². The van der Waals surface area contributed by atoms with Crippen LogP contribution in [0.25, 0.3) is 0 Å². The van der Waals surface area contributed by atoms with Gasteiger partial charge in [0.1, 0.15) is 11.6 Å². The van der Waals surface area contributed by atoms with Crippen molar-refractivity contribution in [1.29, 1.82) is 0 Å². The Morgan fingerprint density at radius 1 is 1.53 bits per heavy atom. The molecule has 1 atom stereocenters. The number of ether oxygens (including phenoxy) is 1. The number of rotatable bonds is 4. The molecule has 2 rings (SSSR count). The molecule has 0 aliphatic carbocycles. The number of aryl methyl sites for hydroxylation is 2. The third kappa shape index (κ3) is 2.35. The van der Waals surface area contributed by atoms with Crippen molar-refractivity contribution < 1.29 is 9.84 Å². The number of aromatic nitrogens is 3. The zero-order valence-electron chi connectivity index (χ0n) is 9.02. The van der Waals surface area contributed by atoms with Crippen molar-refractivity contribution in [3.63, 3.8) is 0 Å². The van der Waals surface area contributed by atoms with E-state index in [2.05, 4.69) is 10.2 Å². The van der Waals surface area contributed by atoms with Crippen LogP contribution < -0.4 is 0 Å². The lowest BCUT2D eigenvalue weighted by molar-refractivity contribution is 0.128. The van der Waals surface area contributed by atoms with Crippen molar-refractivity contribution >= 4 is 0 Å². The molecule has 0 fully saturated rings. The summed E-state index contributed by atoms with van der Waals surface area (Å²) in [7, 11) is 1.70. The van der Waals surface area contributed by atoms with Crippen LogP contribution in [0.3, 0.4) is 0 Å². The van der Waals surface area contributed by atoms with E-state index in [4.69, 9.17) is 4.74 Å². The number of aliphatic hydroxyl groups is 1. The zero-order valence-corrected chi connectivity index (χ0v) is 9.02. The molecular weight excluding hydrogens is 194 g/mol. The molecule has 15 heavy (non-hydrogen) atoms. The normalized spacial score (nSPS) is 20.3. The highest BCUT2D eigenvalue weighted by atomic mass is 16.5. The standard InChI is InChI=1S/C10H17N3O2/c1-15-6-2-3-9-11-12-10-5-4-8(14)7-13(9)10/h8,14H,2-7H2,1H3. The van der Waals surface area contributed by atoms with Gasteiger partial charge < -0.3 is 14.4 Å². The van der Waals surface area contributed by atoms with E-state index in [1.54, 1.807) is 7.11 Å². The highest BCUT2D eigenvalue weighted by Gasteiger charge is 2.20. The van der Waals surface area contributed by atoms with E-state index in [1.807, 2.05) is 4.57 Å². The summed E-state index contributed by atoms with van der Waals surface area (Å²) in [6.07, 6.45) is 3.21. The molecule has 0 bridgehead atoms. The molecule has 0 saturated heterocycles. The molecule has 0 amide bonds. The van der Waals surface area contributed by atoms with Gasteiger partial charge in [-0.25, -0.2) is 0 Å². The van der Waals surface area contributed by atoms with Crippen molar-refractivity contribution in [2.75, 3.05) is 13.7 Å². The van der Waals surface area contributed by atoms with Crippen LogP contribution in [0.5, 0.6) is 0 Å². The van der Waals surface area contributed by atoms with Gasteiger partial charge in [-0.15, -0.1) is 10.2 Å². The molecule has 5 heteroatoms. The van der Waals surface area contributed by atoms with Gasteiger partial charge in [0.25, 0.3) is 0 Å². The van der Waals surface area contributed by atoms with Crippen LogP contribution in [0.2, 0.25) is 0 Å². The van der Waals surface area contributed by atoms with Gasteiger partial charge in [-0.05, 0) is 12.8 Å². The molecule has 0 saturated carbocycles. The van der Waals surface area contributed by atoms with Crippen LogP contribution >= 0.6 is 0 Å². The highest BCUT2D eigenvalue weighted by molar-refractivity contribution is 5.00. The van der Waals surface area contributed by atoms with Gasteiger partial charge in [0.2, 0.25) is 0 Å². The van der Waals surface area contributed by atoms with E-state index in [9.17, 15) is 5.11 Å². The minimum absolute atomic E-state index is 0.241. The Morgan fingerprint density at radius 3 is 3.20 bits per heavy atom. The summed E-state index contributed by atoms with van der Waals surface area (Å²) >= 11 is 0. The molecule has 0 aromatic carbocycles. The molecule has 1 aromatic rings. The number of nitrogens with zero attached hydrogens (tertiary/aromatic N) is 3. The predicted molar refractivity (Wildman–Crippen MR) is 54.5 cm³/mol. The molecule has 1 aromatic heterocycles. The van der Waals surface area contributed by atoms with Crippen molar-refractivity contribution in [2.45, 2.75) is 38.3 Å². The first-order valence-corrected chi connectivity index (χ1v) is 5.39. The van der Waals surface area contributed by atoms with E-state index in [-0.39, 0.29) is 6.10 Å². The number of hydrogen-bond acceptors (Lipinski definition) is 4. The van der Waals surface area contributed by atoms with Crippen LogP contribution in [0.4, 0.5) is 0 Å². The molecule has 2 heterocycles. The second-order valence-corrected chi connectivity index (χ2v) is 3.93. The first-order valence-electron chi connectivity index (χ1n) is 5.39. The topological polar surface area (TPSA) is 60.2 Å². The number of hydrogen-bond donors (Lipinski definition) is 1. The lowest BCUT2D eigenvalue weighted by Crippen LogP contribution is -2.25. The monoisotopic (exact) mass is 211 g/mol. The van der Waals surface area contributed by atoms with Crippen molar-refractivity contribution in [3.05, 3.63) is 11.6 Å². The molecular formula is C10H17N3O2. The van der Waals surface area contributed by atoms with Crippen molar-refractivity contribution in [1.82, 2.24) is 14.8 Å². The molecule has 0 spiro atoms. The minimum atomic E-state index is -0.241. The number of aliphatic hydroxyl groups excluding tert-OH is 1. The van der Waals surface area contributed by atoms with Crippen LogP contribution in [-0.2, 0) is 24.1 Å². The van der Waals surface area contributed by atoms with E-state index >= 15 is 0 Å². The third-order valence-corrected chi connectivity index (χ3v) is 2.75. The highest BCUT2D eigenvalue weighted by Crippen LogP contribution is 2.15. The van der Waals surface area contributed by atoms with Crippen LogP contribution in [0, 0.1) is 0 Å². The van der Waals surface area contributed by atoms with Gasteiger partial charge in [0.05, 0.1) is 12.6 Å². The molecule has 1 unspecified atom stereocenters. The summed E-state index contributed by atoms with van der Waals surface area (Å²) in [5.74, 6) is 1.98. The Kier molecular flexibility index (Phi) is 3.33. The lowest BCUT2D eigenvalue weighted by Gasteiger charge is -2.19. The molecule has 1 aliphatic heterocycles. The summed E-state index contributed by atoms with van der Waals surface area (Å²) < 4.78 is 7.04. The number of fused-ring (bicyclic) bond motifs is 1. The fourth-order valence-corrected chi connectivity index (χ4v) is 1.93. The SMILES string of the molecule is COCCCc1nnc2n1CC(O)CC2. The fourth-order valence-electron chi connectivity index (χ4n) is 1.93. The Bertz CT molecular complexity index is 324. The van der Waals surface area contributed by atoms with Gasteiger partial charge in [0, 0.05) is 26.6 Å². The summed E-state index contributed by atoms with van der Waals surface area (Å²) in [6, 6.07) is 0. The first kappa shape index (κ1) is 10.6. The van der Waals surface area contributed by atoms with Gasteiger partial charge in [-0.2, -0.15) is 0 Å². The van der Waals surface area contributed by atoms with Gasteiger partial charge in [0.15, 0.2) is 0 Å². The second kappa shape index (κ2) is 4.72. The van der Waals surface area contributed by atoms with Crippen LogP contribution in [0.1, 0.15) is 24.5 Å². The summed E-state index contributed by atoms with van der Waals surface area (Å²) in [5, 5.41) is 17.9. The van der Waals surface area contributed by atoms with E-state index < -0.39 is 0 Å². The summed E-state index contributed by atoms with van der Waals surface area (Å²) in [6.45, 7) is 1.38. The zero-order chi connectivity index (χ0) is 10.7. The number of methoxy groups -OCH3 is 1. The van der Waals surface area contributed by atoms with Gasteiger partial charge in [-0.3, -0.25) is 0 Å². The smallest absolute Gasteiger partial charge is 0.133 e. The summed E-state index contributed by atoms with van der Waals surface area (Å²) in [4.78, 5) is 0. The first-order chi connectivity index (χ1) is 7.31. The Morgan fingerprint density at radius 2 is 2.40 bits per heavy atom. The average molecular weight is 211 g/mol. The molecule has 5 nitrogen and oxygen atoms in total.